The minimum atomic E-state index is 0.505. The second-order valence-electron chi connectivity index (χ2n) is 4.95. The number of thiocarbonyl (C=S) groups is 1. The summed E-state index contributed by atoms with van der Waals surface area (Å²) in [5.41, 5.74) is 8.31. The van der Waals surface area contributed by atoms with Crippen LogP contribution in [0.1, 0.15) is 38.3 Å². The van der Waals surface area contributed by atoms with Crippen LogP contribution in [0, 0.1) is 0 Å². The van der Waals surface area contributed by atoms with Gasteiger partial charge in [-0.25, -0.2) is 0 Å². The van der Waals surface area contributed by atoms with Gasteiger partial charge in [0.2, 0.25) is 0 Å². The van der Waals surface area contributed by atoms with Crippen molar-refractivity contribution in [3.63, 3.8) is 0 Å². The van der Waals surface area contributed by atoms with Gasteiger partial charge in [0, 0.05) is 25.6 Å². The summed E-state index contributed by atoms with van der Waals surface area (Å²) in [6.07, 6.45) is 1.89. The summed E-state index contributed by atoms with van der Waals surface area (Å²) in [5.74, 6) is 0. The lowest BCUT2D eigenvalue weighted by atomic mass is 10.1. The summed E-state index contributed by atoms with van der Waals surface area (Å²) in [4.78, 5) is 3.00. The Morgan fingerprint density at radius 2 is 1.78 bits per heavy atom. The van der Waals surface area contributed by atoms with E-state index in [-0.39, 0.29) is 0 Å². The van der Waals surface area contributed by atoms with Crippen molar-refractivity contribution < 1.29 is 0 Å². The van der Waals surface area contributed by atoms with E-state index in [9.17, 15) is 0 Å². The molecule has 0 fully saturated rings. The minimum Gasteiger partial charge on any atom is -0.393 e. The van der Waals surface area contributed by atoms with E-state index in [1.165, 1.54) is 11.1 Å². The molecule has 1 aromatic rings. The van der Waals surface area contributed by atoms with Crippen LogP contribution < -0.4 is 5.73 Å². The summed E-state index contributed by atoms with van der Waals surface area (Å²) < 4.78 is 0. The van der Waals surface area contributed by atoms with Gasteiger partial charge in [0.25, 0.3) is 0 Å². The van der Waals surface area contributed by atoms with E-state index in [0.717, 1.165) is 25.9 Å². The van der Waals surface area contributed by atoms with Crippen molar-refractivity contribution >= 4 is 17.2 Å². The van der Waals surface area contributed by atoms with Crippen LogP contribution >= 0.6 is 12.2 Å². The standard InChI is InChI=1S/C15H24N2S/c1-4-13-5-7-14(8-6-13)11-17(12(2)3)10-9-15(16)18/h5-8,12H,4,9-11H2,1-3H3,(H2,16,18). The Balaban J connectivity index is 2.61. The molecule has 0 aromatic heterocycles. The Kier molecular flexibility index (Phi) is 6.30. The van der Waals surface area contributed by atoms with Crippen molar-refractivity contribution in [1.82, 2.24) is 4.90 Å². The molecule has 0 aliphatic rings. The van der Waals surface area contributed by atoms with Crippen LogP contribution in [0.3, 0.4) is 0 Å². The third kappa shape index (κ3) is 5.15. The van der Waals surface area contributed by atoms with Crippen LogP contribution in [0.25, 0.3) is 0 Å². The van der Waals surface area contributed by atoms with Crippen molar-refractivity contribution in [2.45, 2.75) is 46.2 Å². The van der Waals surface area contributed by atoms with Gasteiger partial charge in [0.15, 0.2) is 0 Å². The molecule has 0 amide bonds. The third-order valence-corrected chi connectivity index (χ3v) is 3.40. The van der Waals surface area contributed by atoms with E-state index < -0.39 is 0 Å². The van der Waals surface area contributed by atoms with Gasteiger partial charge in [-0.15, -0.1) is 0 Å². The SMILES string of the molecule is CCc1ccc(CN(CCC(N)=S)C(C)C)cc1. The van der Waals surface area contributed by atoms with Gasteiger partial charge in [-0.1, -0.05) is 43.4 Å². The molecule has 3 heteroatoms. The first-order valence-electron chi connectivity index (χ1n) is 6.63. The second-order valence-corrected chi connectivity index (χ2v) is 5.47. The fraction of sp³-hybridized carbons (Fsp3) is 0.533. The average Bonchev–Trinajstić information content (AvgIpc) is 2.34. The quantitative estimate of drug-likeness (QED) is 0.767. The van der Waals surface area contributed by atoms with Gasteiger partial charge < -0.3 is 5.73 Å². The number of hydrogen-bond acceptors (Lipinski definition) is 2. The van der Waals surface area contributed by atoms with Crippen LogP contribution in [0.4, 0.5) is 0 Å². The molecule has 2 N–H and O–H groups in total. The maximum atomic E-state index is 5.58. The van der Waals surface area contributed by atoms with Crippen molar-refractivity contribution in [3.8, 4) is 0 Å². The zero-order valence-electron chi connectivity index (χ0n) is 11.6. The normalized spacial score (nSPS) is 11.2. The predicted octanol–water partition coefficient (Wildman–Crippen LogP) is 3.14. The molecule has 18 heavy (non-hydrogen) atoms. The first-order chi connectivity index (χ1) is 8.52. The number of benzene rings is 1. The van der Waals surface area contributed by atoms with Gasteiger partial charge in [-0.05, 0) is 31.4 Å². The van der Waals surface area contributed by atoms with E-state index in [1.807, 2.05) is 0 Å². The maximum Gasteiger partial charge on any atom is 0.0740 e. The van der Waals surface area contributed by atoms with Gasteiger partial charge in [0.05, 0.1) is 4.99 Å². The molecule has 2 nitrogen and oxygen atoms in total. The molecule has 0 atom stereocenters. The molecular formula is C15H24N2S. The Morgan fingerprint density at radius 1 is 1.22 bits per heavy atom. The Hall–Kier alpha value is -0.930. The van der Waals surface area contributed by atoms with Crippen LogP contribution in [0.2, 0.25) is 0 Å². The molecule has 0 saturated carbocycles. The summed E-state index contributed by atoms with van der Waals surface area (Å²) in [7, 11) is 0. The van der Waals surface area contributed by atoms with Gasteiger partial charge in [-0.3, -0.25) is 4.90 Å². The maximum absolute atomic E-state index is 5.58. The molecule has 0 unspecified atom stereocenters. The molecule has 0 radical (unpaired) electrons. The molecular weight excluding hydrogens is 240 g/mol. The topological polar surface area (TPSA) is 29.3 Å². The Morgan fingerprint density at radius 3 is 2.22 bits per heavy atom. The lowest BCUT2D eigenvalue weighted by Gasteiger charge is -2.26. The van der Waals surface area contributed by atoms with Crippen LogP contribution in [-0.4, -0.2) is 22.5 Å². The summed E-state index contributed by atoms with van der Waals surface area (Å²) in [6.45, 7) is 8.49. The third-order valence-electron chi connectivity index (χ3n) is 3.19. The number of nitrogens with zero attached hydrogens (tertiary/aromatic N) is 1. The molecule has 1 aromatic carbocycles. The van der Waals surface area contributed by atoms with E-state index in [4.69, 9.17) is 18.0 Å². The van der Waals surface area contributed by atoms with E-state index in [2.05, 4.69) is 49.9 Å². The average molecular weight is 264 g/mol. The number of nitrogens with two attached hydrogens (primary N) is 1. The number of rotatable bonds is 7. The summed E-state index contributed by atoms with van der Waals surface area (Å²) in [5, 5.41) is 0. The van der Waals surface area contributed by atoms with Gasteiger partial charge in [0.1, 0.15) is 0 Å². The first-order valence-corrected chi connectivity index (χ1v) is 7.04. The molecule has 100 valence electrons. The van der Waals surface area contributed by atoms with E-state index >= 15 is 0 Å². The van der Waals surface area contributed by atoms with Gasteiger partial charge >= 0.3 is 0 Å². The molecule has 0 bridgehead atoms. The molecule has 0 spiro atoms. The van der Waals surface area contributed by atoms with E-state index in [1.54, 1.807) is 0 Å². The molecule has 0 aliphatic heterocycles. The number of hydrogen-bond donors (Lipinski definition) is 1. The highest BCUT2D eigenvalue weighted by molar-refractivity contribution is 7.80. The smallest absolute Gasteiger partial charge is 0.0740 e. The monoisotopic (exact) mass is 264 g/mol. The lowest BCUT2D eigenvalue weighted by molar-refractivity contribution is 0.219. The molecule has 0 aliphatic carbocycles. The first kappa shape index (κ1) is 15.1. The van der Waals surface area contributed by atoms with Crippen molar-refractivity contribution in [2.24, 2.45) is 5.73 Å². The van der Waals surface area contributed by atoms with Crippen LogP contribution in [0.15, 0.2) is 24.3 Å². The fourth-order valence-corrected chi connectivity index (χ4v) is 1.98. The summed E-state index contributed by atoms with van der Waals surface area (Å²) in [6, 6.07) is 9.36. The minimum absolute atomic E-state index is 0.505. The largest absolute Gasteiger partial charge is 0.393 e. The lowest BCUT2D eigenvalue weighted by Crippen LogP contribution is -2.33. The van der Waals surface area contributed by atoms with Gasteiger partial charge in [-0.2, -0.15) is 0 Å². The molecule has 0 heterocycles. The van der Waals surface area contributed by atoms with Crippen molar-refractivity contribution in [3.05, 3.63) is 35.4 Å². The Labute approximate surface area is 116 Å². The molecule has 1 rings (SSSR count). The summed E-state index contributed by atoms with van der Waals surface area (Å²) >= 11 is 4.95. The highest BCUT2D eigenvalue weighted by Gasteiger charge is 2.10. The number of aryl methyl sites for hydroxylation is 1. The van der Waals surface area contributed by atoms with Crippen LogP contribution in [0.5, 0.6) is 0 Å². The van der Waals surface area contributed by atoms with E-state index in [0.29, 0.717) is 11.0 Å². The van der Waals surface area contributed by atoms with Crippen molar-refractivity contribution in [2.75, 3.05) is 6.54 Å². The Bertz CT molecular complexity index is 371. The highest BCUT2D eigenvalue weighted by atomic mass is 32.1. The second kappa shape index (κ2) is 7.49. The van der Waals surface area contributed by atoms with Crippen molar-refractivity contribution in [1.29, 1.82) is 0 Å². The highest BCUT2D eigenvalue weighted by Crippen LogP contribution is 2.11. The molecule has 0 saturated heterocycles. The zero-order valence-corrected chi connectivity index (χ0v) is 12.5. The van der Waals surface area contributed by atoms with Crippen LogP contribution in [-0.2, 0) is 13.0 Å². The predicted molar refractivity (Wildman–Crippen MR) is 82.8 cm³/mol. The fourth-order valence-electron chi connectivity index (χ4n) is 1.89. The zero-order chi connectivity index (χ0) is 13.5.